The first-order chi connectivity index (χ1) is 6.64. The van der Waals surface area contributed by atoms with Gasteiger partial charge in [-0.3, -0.25) is 4.79 Å². The molecule has 0 radical (unpaired) electrons. The van der Waals surface area contributed by atoms with Gasteiger partial charge in [-0.15, -0.1) is 0 Å². The molecule has 1 heterocycles. The lowest BCUT2D eigenvalue weighted by Crippen LogP contribution is -2.65. The number of ether oxygens (including phenoxy) is 1. The van der Waals surface area contributed by atoms with Crippen molar-refractivity contribution in [3.63, 3.8) is 0 Å². The van der Waals surface area contributed by atoms with Crippen LogP contribution in [0.2, 0.25) is 0 Å². The second kappa shape index (κ2) is 3.20. The minimum absolute atomic E-state index is 1.63. The van der Waals surface area contributed by atoms with Gasteiger partial charge in [0, 0.05) is 0 Å². The minimum atomic E-state index is -3.84. The zero-order valence-corrected chi connectivity index (χ0v) is 7.06. The third kappa shape index (κ3) is 1.42. The highest BCUT2D eigenvalue weighted by atomic mass is 16.7. The largest absolute Gasteiger partial charge is 0.417 e. The fraction of sp³-hybridized carbons (Fsp3) is 0.667. The van der Waals surface area contributed by atoms with Crippen LogP contribution in [0.3, 0.4) is 0 Å². The number of aliphatic hydroxyl groups is 6. The van der Waals surface area contributed by atoms with Crippen molar-refractivity contribution in [2.24, 2.45) is 0 Å². The molecule has 1 rings (SSSR count). The summed E-state index contributed by atoms with van der Waals surface area (Å²) in [6.07, 6.45) is -5.39. The summed E-state index contributed by atoms with van der Waals surface area (Å²) in [5.74, 6) is -10.9. The summed E-state index contributed by atoms with van der Waals surface area (Å²) in [6, 6.07) is 0. The topological polar surface area (TPSA) is 165 Å². The molecule has 15 heavy (non-hydrogen) atoms. The highest BCUT2D eigenvalue weighted by molar-refractivity contribution is 6.11. The third-order valence-corrected chi connectivity index (χ3v) is 1.91. The number of aliphatic hydroxyl groups excluding tert-OH is 2. The Hall–Kier alpha value is -1.10. The van der Waals surface area contributed by atoms with E-state index in [9.17, 15) is 14.7 Å². The molecule has 6 N–H and O–H groups in total. The molecular weight excluding hydrogens is 216 g/mol. The van der Waals surface area contributed by atoms with E-state index in [-0.39, 0.29) is 0 Å². The van der Waals surface area contributed by atoms with Gasteiger partial charge in [0.05, 0.1) is 0 Å². The molecule has 0 saturated carbocycles. The minimum Gasteiger partial charge on any atom is -0.417 e. The Morgan fingerprint density at radius 2 is 1.80 bits per heavy atom. The standard InChI is InChI=1S/C6H8O9/c7-1-2(8)6(14,15-3(1)9)5(12,13)4(10)11/h1,4,7,10-14H/t1?,6-/m0/s1. The Bertz CT molecular complexity index is 308. The number of ketones is 1. The monoisotopic (exact) mass is 224 g/mol. The Labute approximate surface area is 81.8 Å². The van der Waals surface area contributed by atoms with E-state index < -0.39 is 35.7 Å². The van der Waals surface area contributed by atoms with Crippen LogP contribution in [0.15, 0.2) is 0 Å². The van der Waals surface area contributed by atoms with Crippen LogP contribution in [0.25, 0.3) is 0 Å². The van der Waals surface area contributed by atoms with E-state index in [2.05, 4.69) is 4.74 Å². The Morgan fingerprint density at radius 3 is 2.07 bits per heavy atom. The molecule has 1 aliphatic rings. The van der Waals surface area contributed by atoms with Gasteiger partial charge >= 0.3 is 11.8 Å². The van der Waals surface area contributed by atoms with Crippen LogP contribution in [-0.4, -0.2) is 66.4 Å². The zero-order valence-electron chi connectivity index (χ0n) is 7.06. The molecule has 0 bridgehead atoms. The van der Waals surface area contributed by atoms with Crippen LogP contribution in [-0.2, 0) is 14.3 Å². The summed E-state index contributed by atoms with van der Waals surface area (Å²) in [5, 5.41) is 52.8. The molecule has 1 aliphatic heterocycles. The number of Topliss-reactive ketones (excluding diaryl/α,β-unsaturated/α-hetero) is 1. The molecule has 2 atom stereocenters. The molecule has 1 saturated heterocycles. The number of carbonyl (C=O) groups excluding carboxylic acids is 2. The number of cyclic esters (lactones) is 1. The highest BCUT2D eigenvalue weighted by Gasteiger charge is 2.68. The molecule has 1 unspecified atom stereocenters. The van der Waals surface area contributed by atoms with Crippen LogP contribution in [0.5, 0.6) is 0 Å². The van der Waals surface area contributed by atoms with Gasteiger partial charge in [0.1, 0.15) is 0 Å². The second-order valence-electron chi connectivity index (χ2n) is 2.93. The summed E-state index contributed by atoms with van der Waals surface area (Å²) in [4.78, 5) is 21.6. The predicted octanol–water partition coefficient (Wildman–Crippen LogP) is -4.85. The van der Waals surface area contributed by atoms with Crippen molar-refractivity contribution in [3.05, 3.63) is 0 Å². The molecule has 0 amide bonds. The van der Waals surface area contributed by atoms with Crippen molar-refractivity contribution in [2.45, 2.75) is 24.0 Å². The van der Waals surface area contributed by atoms with Crippen molar-refractivity contribution in [3.8, 4) is 0 Å². The molecule has 0 aromatic carbocycles. The predicted molar refractivity (Wildman–Crippen MR) is 37.4 cm³/mol. The first-order valence-electron chi connectivity index (χ1n) is 3.63. The zero-order chi connectivity index (χ0) is 12.0. The molecule has 0 aromatic heterocycles. The molecular formula is C6H8O9. The molecule has 0 aromatic rings. The molecule has 0 spiro atoms. The van der Waals surface area contributed by atoms with Crippen molar-refractivity contribution in [1.29, 1.82) is 0 Å². The van der Waals surface area contributed by atoms with E-state index in [0.717, 1.165) is 0 Å². The summed E-state index contributed by atoms with van der Waals surface area (Å²) in [5.41, 5.74) is 0. The Balaban J connectivity index is 3.14. The highest BCUT2D eigenvalue weighted by Crippen LogP contribution is 2.31. The van der Waals surface area contributed by atoms with Crippen molar-refractivity contribution in [1.82, 2.24) is 0 Å². The van der Waals surface area contributed by atoms with E-state index >= 15 is 0 Å². The van der Waals surface area contributed by atoms with Crippen LogP contribution in [0.1, 0.15) is 0 Å². The Morgan fingerprint density at radius 1 is 1.33 bits per heavy atom. The summed E-state index contributed by atoms with van der Waals surface area (Å²) in [6.45, 7) is 0. The van der Waals surface area contributed by atoms with E-state index in [4.69, 9.17) is 25.5 Å². The van der Waals surface area contributed by atoms with Gasteiger partial charge in [-0.25, -0.2) is 4.79 Å². The SMILES string of the molecule is O=C1O[C@](O)(C(O)(O)C(O)O)C(=O)C1O. The van der Waals surface area contributed by atoms with Gasteiger partial charge in [0.15, 0.2) is 0 Å². The van der Waals surface area contributed by atoms with Gasteiger partial charge in [-0.1, -0.05) is 0 Å². The van der Waals surface area contributed by atoms with E-state index in [1.807, 2.05) is 0 Å². The number of esters is 1. The van der Waals surface area contributed by atoms with Crippen molar-refractivity contribution < 1.29 is 45.0 Å². The van der Waals surface area contributed by atoms with Crippen LogP contribution < -0.4 is 0 Å². The maximum absolute atomic E-state index is 11.0. The van der Waals surface area contributed by atoms with Gasteiger partial charge in [0.25, 0.3) is 5.79 Å². The molecule has 9 nitrogen and oxygen atoms in total. The van der Waals surface area contributed by atoms with Crippen LogP contribution in [0.4, 0.5) is 0 Å². The number of carbonyl (C=O) groups is 2. The Kier molecular flexibility index (Phi) is 2.55. The average molecular weight is 224 g/mol. The van der Waals surface area contributed by atoms with Crippen LogP contribution in [0, 0.1) is 0 Å². The van der Waals surface area contributed by atoms with Crippen LogP contribution >= 0.6 is 0 Å². The number of rotatable bonds is 2. The fourth-order valence-electron chi connectivity index (χ4n) is 0.975. The normalized spacial score (nSPS) is 32.3. The first kappa shape index (κ1) is 12.0. The molecule has 9 heteroatoms. The van der Waals surface area contributed by atoms with E-state index in [0.29, 0.717) is 0 Å². The van der Waals surface area contributed by atoms with Gasteiger partial charge in [0.2, 0.25) is 18.2 Å². The maximum atomic E-state index is 11.0. The molecule has 1 fully saturated rings. The van der Waals surface area contributed by atoms with Crippen molar-refractivity contribution in [2.75, 3.05) is 0 Å². The lowest BCUT2D eigenvalue weighted by molar-refractivity contribution is -0.391. The summed E-state index contributed by atoms with van der Waals surface area (Å²) < 4.78 is 3.80. The quantitative estimate of drug-likeness (QED) is 0.153. The summed E-state index contributed by atoms with van der Waals surface area (Å²) in [7, 11) is 0. The summed E-state index contributed by atoms with van der Waals surface area (Å²) >= 11 is 0. The van der Waals surface area contributed by atoms with Gasteiger partial charge in [-0.05, 0) is 0 Å². The number of hydrogen-bond donors (Lipinski definition) is 6. The van der Waals surface area contributed by atoms with Gasteiger partial charge < -0.3 is 35.4 Å². The lowest BCUT2D eigenvalue weighted by atomic mass is 10.00. The fourth-order valence-corrected chi connectivity index (χ4v) is 0.975. The van der Waals surface area contributed by atoms with Crippen molar-refractivity contribution >= 4 is 11.8 Å². The van der Waals surface area contributed by atoms with E-state index in [1.54, 1.807) is 0 Å². The smallest absolute Gasteiger partial charge is 0.346 e. The maximum Gasteiger partial charge on any atom is 0.346 e. The average Bonchev–Trinajstić information content (AvgIpc) is 2.31. The lowest BCUT2D eigenvalue weighted by Gasteiger charge is -2.33. The number of hydrogen-bond acceptors (Lipinski definition) is 9. The molecule has 86 valence electrons. The first-order valence-corrected chi connectivity index (χ1v) is 3.63. The second-order valence-corrected chi connectivity index (χ2v) is 2.93. The molecule has 0 aliphatic carbocycles. The third-order valence-electron chi connectivity index (χ3n) is 1.91. The van der Waals surface area contributed by atoms with Gasteiger partial charge in [-0.2, -0.15) is 0 Å². The van der Waals surface area contributed by atoms with E-state index in [1.165, 1.54) is 0 Å².